The first-order valence-corrected chi connectivity index (χ1v) is 6.41. The molecule has 1 aromatic rings. The van der Waals surface area contributed by atoms with Gasteiger partial charge in [-0.2, -0.15) is 0 Å². The maximum absolute atomic E-state index is 11.4. The Labute approximate surface area is 111 Å². The van der Waals surface area contributed by atoms with E-state index in [1.807, 2.05) is 13.8 Å². The van der Waals surface area contributed by atoms with E-state index in [4.69, 9.17) is 20.1 Å². The fourth-order valence-electron chi connectivity index (χ4n) is 1.72. The summed E-state index contributed by atoms with van der Waals surface area (Å²) in [4.78, 5) is 11.4. The molecule has 0 bridgehead atoms. The lowest BCUT2D eigenvalue weighted by Gasteiger charge is -2.12. The number of unbranched alkanes of at least 4 members (excludes halogenated alkanes) is 1. The zero-order valence-corrected chi connectivity index (χ0v) is 11.3. The van der Waals surface area contributed by atoms with Crippen molar-refractivity contribution in [2.24, 2.45) is 5.16 Å². The first-order valence-electron chi connectivity index (χ1n) is 6.41. The first-order chi connectivity index (χ1) is 9.13. The van der Waals surface area contributed by atoms with Crippen LogP contribution in [0.5, 0.6) is 0 Å². The Balaban J connectivity index is 3.18. The van der Waals surface area contributed by atoms with E-state index in [1.54, 1.807) is 0 Å². The number of nitrogen functional groups attached to an aromatic ring is 1. The van der Waals surface area contributed by atoms with Gasteiger partial charge in [0.2, 0.25) is 5.88 Å². The maximum Gasteiger partial charge on any atom is 0.337 e. The molecule has 6 nitrogen and oxygen atoms in total. The minimum absolute atomic E-state index is 0.00537. The summed E-state index contributed by atoms with van der Waals surface area (Å²) in [5.74, 6) is -0.0864. The first kappa shape index (κ1) is 15.1. The molecule has 0 atom stereocenters. The van der Waals surface area contributed by atoms with Crippen LogP contribution in [0.1, 0.15) is 44.2 Å². The number of hydrogen-bond donors (Lipinski definition) is 2. The van der Waals surface area contributed by atoms with Crippen LogP contribution in [0.2, 0.25) is 0 Å². The van der Waals surface area contributed by atoms with Gasteiger partial charge in [0.05, 0.1) is 6.61 Å². The van der Waals surface area contributed by atoms with Crippen molar-refractivity contribution in [3.8, 4) is 0 Å². The van der Waals surface area contributed by atoms with Gasteiger partial charge in [-0.05, 0) is 30.0 Å². The van der Waals surface area contributed by atoms with Crippen LogP contribution in [-0.4, -0.2) is 17.7 Å². The predicted molar refractivity (Wildman–Crippen MR) is 72.6 cm³/mol. The van der Waals surface area contributed by atoms with E-state index in [2.05, 4.69) is 5.16 Å². The van der Waals surface area contributed by atoms with Gasteiger partial charge in [-0.1, -0.05) is 20.3 Å². The molecule has 1 heterocycles. The number of aryl methyl sites for hydroxylation is 1. The molecular formula is C13H20N2O4. The SMILES string of the molecule is CCCCc1cc(=O)oc(N)c1/C(=N\O)OCCC. The summed E-state index contributed by atoms with van der Waals surface area (Å²) in [6.07, 6.45) is 3.28. The van der Waals surface area contributed by atoms with Crippen molar-refractivity contribution in [1.82, 2.24) is 0 Å². The minimum Gasteiger partial charge on any atom is -0.475 e. The highest BCUT2D eigenvalue weighted by Crippen LogP contribution is 2.19. The Morgan fingerprint density at radius 3 is 2.79 bits per heavy atom. The van der Waals surface area contributed by atoms with Gasteiger partial charge in [-0.25, -0.2) is 4.79 Å². The Bertz CT molecular complexity index is 494. The van der Waals surface area contributed by atoms with Gasteiger partial charge < -0.3 is 20.1 Å². The lowest BCUT2D eigenvalue weighted by Crippen LogP contribution is -2.16. The number of nitrogens with two attached hydrogens (primary N) is 1. The summed E-state index contributed by atoms with van der Waals surface area (Å²) < 4.78 is 10.2. The summed E-state index contributed by atoms with van der Waals surface area (Å²) in [6, 6.07) is 1.36. The molecule has 0 amide bonds. The number of hydrogen-bond acceptors (Lipinski definition) is 6. The predicted octanol–water partition coefficient (Wildman–Crippen LogP) is 2.13. The van der Waals surface area contributed by atoms with Crippen molar-refractivity contribution in [1.29, 1.82) is 0 Å². The molecule has 19 heavy (non-hydrogen) atoms. The third-order valence-electron chi connectivity index (χ3n) is 2.62. The van der Waals surface area contributed by atoms with E-state index in [1.165, 1.54) is 6.07 Å². The topological polar surface area (TPSA) is 98.1 Å². The zero-order chi connectivity index (χ0) is 14.3. The molecule has 0 aliphatic heterocycles. The number of anilines is 1. The summed E-state index contributed by atoms with van der Waals surface area (Å²) in [7, 11) is 0. The van der Waals surface area contributed by atoms with Crippen LogP contribution in [0.25, 0.3) is 0 Å². The third kappa shape index (κ3) is 4.01. The monoisotopic (exact) mass is 268 g/mol. The molecule has 0 unspecified atom stereocenters. The highest BCUT2D eigenvalue weighted by molar-refractivity contribution is 5.98. The Kier molecular flexibility index (Phi) is 5.92. The molecule has 0 aliphatic carbocycles. The molecule has 0 saturated heterocycles. The second-order valence-electron chi connectivity index (χ2n) is 4.19. The van der Waals surface area contributed by atoms with Gasteiger partial charge in [0.1, 0.15) is 5.56 Å². The van der Waals surface area contributed by atoms with Crippen LogP contribution in [0.15, 0.2) is 20.4 Å². The lowest BCUT2D eigenvalue weighted by molar-refractivity contribution is 0.255. The van der Waals surface area contributed by atoms with E-state index < -0.39 is 5.63 Å². The van der Waals surface area contributed by atoms with Crippen molar-refractivity contribution >= 4 is 11.8 Å². The van der Waals surface area contributed by atoms with Gasteiger partial charge in [0.15, 0.2) is 0 Å². The lowest BCUT2D eigenvalue weighted by atomic mass is 10.0. The smallest absolute Gasteiger partial charge is 0.337 e. The van der Waals surface area contributed by atoms with Crippen LogP contribution in [-0.2, 0) is 11.2 Å². The molecule has 6 heteroatoms. The van der Waals surface area contributed by atoms with E-state index in [0.29, 0.717) is 24.2 Å². The van der Waals surface area contributed by atoms with Crippen molar-refractivity contribution in [3.05, 3.63) is 27.6 Å². The average Bonchev–Trinajstić information content (AvgIpc) is 2.38. The third-order valence-corrected chi connectivity index (χ3v) is 2.62. The largest absolute Gasteiger partial charge is 0.475 e. The molecular weight excluding hydrogens is 248 g/mol. The summed E-state index contributed by atoms with van der Waals surface area (Å²) in [5.41, 5.74) is 6.23. The van der Waals surface area contributed by atoms with Gasteiger partial charge in [0, 0.05) is 6.07 Å². The molecule has 106 valence electrons. The molecule has 0 fully saturated rings. The fraction of sp³-hybridized carbons (Fsp3) is 0.538. The molecule has 1 aromatic heterocycles. The number of ether oxygens (including phenoxy) is 1. The molecule has 0 radical (unpaired) electrons. The van der Waals surface area contributed by atoms with Gasteiger partial charge in [-0.15, -0.1) is 0 Å². The molecule has 0 spiro atoms. The Morgan fingerprint density at radius 2 is 2.21 bits per heavy atom. The van der Waals surface area contributed by atoms with Gasteiger partial charge in [0.25, 0.3) is 5.90 Å². The van der Waals surface area contributed by atoms with Gasteiger partial charge >= 0.3 is 5.63 Å². The Hall–Kier alpha value is -1.98. The zero-order valence-electron chi connectivity index (χ0n) is 11.3. The fourth-order valence-corrected chi connectivity index (χ4v) is 1.72. The highest BCUT2D eigenvalue weighted by Gasteiger charge is 2.18. The van der Waals surface area contributed by atoms with E-state index in [-0.39, 0.29) is 11.8 Å². The highest BCUT2D eigenvalue weighted by atomic mass is 16.5. The standard InChI is InChI=1S/C13H20N2O4/c1-3-5-6-9-8-10(16)19-12(14)11(9)13(15-17)18-7-4-2/h8,17H,3-7,14H2,1-2H3/b15-13+. The van der Waals surface area contributed by atoms with Crippen LogP contribution >= 0.6 is 0 Å². The quantitative estimate of drug-likeness (QED) is 0.356. The second-order valence-corrected chi connectivity index (χ2v) is 4.19. The number of rotatable bonds is 6. The summed E-state index contributed by atoms with van der Waals surface area (Å²) >= 11 is 0. The van der Waals surface area contributed by atoms with E-state index in [0.717, 1.165) is 19.3 Å². The normalized spacial score (nSPS) is 11.6. The van der Waals surface area contributed by atoms with Crippen molar-refractivity contribution in [3.63, 3.8) is 0 Å². The molecule has 1 rings (SSSR count). The maximum atomic E-state index is 11.4. The molecule has 3 N–H and O–H groups in total. The van der Waals surface area contributed by atoms with Gasteiger partial charge in [-0.3, -0.25) is 0 Å². The van der Waals surface area contributed by atoms with Crippen LogP contribution in [0.3, 0.4) is 0 Å². The van der Waals surface area contributed by atoms with E-state index in [9.17, 15) is 4.79 Å². The molecule has 0 aliphatic rings. The average molecular weight is 268 g/mol. The van der Waals surface area contributed by atoms with Crippen LogP contribution in [0.4, 0.5) is 5.88 Å². The minimum atomic E-state index is -0.514. The van der Waals surface area contributed by atoms with Crippen molar-refractivity contribution in [2.45, 2.75) is 39.5 Å². The van der Waals surface area contributed by atoms with Crippen molar-refractivity contribution < 1.29 is 14.4 Å². The second kappa shape index (κ2) is 7.45. The summed E-state index contributed by atoms with van der Waals surface area (Å²) in [5, 5.41) is 12.1. The van der Waals surface area contributed by atoms with Crippen LogP contribution in [0, 0.1) is 0 Å². The number of nitrogens with zero attached hydrogens (tertiary/aromatic N) is 1. The molecule has 0 aromatic carbocycles. The molecule has 0 saturated carbocycles. The summed E-state index contributed by atoms with van der Waals surface area (Å²) in [6.45, 7) is 4.37. The van der Waals surface area contributed by atoms with Crippen molar-refractivity contribution in [2.75, 3.05) is 12.3 Å². The Morgan fingerprint density at radius 1 is 1.47 bits per heavy atom. The van der Waals surface area contributed by atoms with Crippen LogP contribution < -0.4 is 11.4 Å². The van der Waals surface area contributed by atoms with E-state index >= 15 is 0 Å². The number of oxime groups is 1.